The molecule has 0 heterocycles. The first-order valence-corrected chi connectivity index (χ1v) is 10.6. The van der Waals surface area contributed by atoms with E-state index >= 15 is 0 Å². The summed E-state index contributed by atoms with van der Waals surface area (Å²) in [5, 5.41) is 22.7. The molecule has 0 amide bonds. The average molecular weight is 436 g/mol. The second kappa shape index (κ2) is 13.2. The number of benzene rings is 1. The van der Waals surface area contributed by atoms with E-state index in [1.807, 2.05) is 6.07 Å². The van der Waals surface area contributed by atoms with Gasteiger partial charge < -0.3 is 5.73 Å². The lowest BCUT2D eigenvalue weighted by molar-refractivity contribution is -0.482. The molecular weight excluding hydrogens is 414 g/mol. The van der Waals surface area contributed by atoms with Gasteiger partial charge in [0.25, 0.3) is 6.04 Å². The Morgan fingerprint density at radius 1 is 1.24 bits per heavy atom. The number of thioether (sulfide) groups is 2. The Hall–Kier alpha value is -2.99. The molecule has 0 aliphatic rings. The number of hydrogen-bond acceptors (Lipinski definition) is 9. The molecule has 3 N–H and O–H groups in total. The summed E-state index contributed by atoms with van der Waals surface area (Å²) in [6, 6.07) is 7.51. The van der Waals surface area contributed by atoms with Gasteiger partial charge in [0.1, 0.15) is 6.21 Å². The number of allylic oxidation sites excluding steroid dienone is 2. The van der Waals surface area contributed by atoms with Gasteiger partial charge in [-0.3, -0.25) is 20.3 Å². The Morgan fingerprint density at radius 2 is 1.93 bits per heavy atom. The molecule has 0 saturated carbocycles. The van der Waals surface area contributed by atoms with E-state index in [1.165, 1.54) is 29.6 Å². The zero-order chi connectivity index (χ0) is 21.6. The summed E-state index contributed by atoms with van der Waals surface area (Å²) in [5.74, 6) is -0.172. The van der Waals surface area contributed by atoms with Crippen LogP contribution in [0.5, 0.6) is 0 Å². The molecular formula is C17H21N7O3S2. The summed E-state index contributed by atoms with van der Waals surface area (Å²) in [6.45, 7) is 1.67. The van der Waals surface area contributed by atoms with Crippen molar-refractivity contribution in [2.45, 2.75) is 13.0 Å². The Kier molecular flexibility index (Phi) is 11.0. The summed E-state index contributed by atoms with van der Waals surface area (Å²) in [6.07, 6.45) is 6.92. The van der Waals surface area contributed by atoms with Gasteiger partial charge in [0, 0.05) is 22.3 Å². The largest absolute Gasteiger partial charge is 0.377 e. The van der Waals surface area contributed by atoms with Gasteiger partial charge in [-0.2, -0.15) is 5.10 Å². The monoisotopic (exact) mass is 435 g/mol. The van der Waals surface area contributed by atoms with Crippen LogP contribution < -0.4 is 11.2 Å². The van der Waals surface area contributed by atoms with Crippen LogP contribution in [0.4, 0.5) is 0 Å². The maximum Gasteiger partial charge on any atom is 0.284 e. The normalized spacial score (nSPS) is 14.4. The molecule has 1 atom stereocenters. The third-order valence-corrected chi connectivity index (χ3v) is 4.14. The van der Waals surface area contributed by atoms with Gasteiger partial charge in [-0.05, 0) is 19.4 Å². The van der Waals surface area contributed by atoms with Crippen molar-refractivity contribution in [2.24, 2.45) is 26.0 Å². The zero-order valence-corrected chi connectivity index (χ0v) is 17.7. The maximum atomic E-state index is 12.1. The molecule has 0 bridgehead atoms. The van der Waals surface area contributed by atoms with E-state index in [1.54, 1.807) is 43.7 Å². The number of aliphatic imine (C=N–C) groups is 1. The second-order valence-electron chi connectivity index (χ2n) is 5.23. The number of nitrogens with zero attached hydrogens (tertiary/aromatic N) is 5. The number of nitrogens with two attached hydrogens (primary N) is 1. The lowest BCUT2D eigenvalue weighted by Crippen LogP contribution is -2.23. The maximum absolute atomic E-state index is 12.1. The number of ketones is 1. The molecule has 1 aromatic rings. The fourth-order valence-corrected chi connectivity index (χ4v) is 2.10. The summed E-state index contributed by atoms with van der Waals surface area (Å²) in [5.41, 5.74) is 9.21. The number of amidine groups is 2. The number of nitrogens with one attached hydrogen (secondary N) is 1. The van der Waals surface area contributed by atoms with Gasteiger partial charge in [-0.1, -0.05) is 53.9 Å². The highest BCUT2D eigenvalue weighted by molar-refractivity contribution is 8.13. The molecule has 1 unspecified atom stereocenters. The van der Waals surface area contributed by atoms with E-state index in [4.69, 9.17) is 5.73 Å². The van der Waals surface area contributed by atoms with Crippen LogP contribution in [0.3, 0.4) is 0 Å². The molecule has 0 aromatic heterocycles. The predicted octanol–water partition coefficient (Wildman–Crippen LogP) is 2.38. The van der Waals surface area contributed by atoms with Crippen molar-refractivity contribution in [1.29, 1.82) is 0 Å². The fourth-order valence-electron chi connectivity index (χ4n) is 1.66. The molecule has 1 aromatic carbocycles. The van der Waals surface area contributed by atoms with Crippen LogP contribution in [0.2, 0.25) is 0 Å². The minimum absolute atomic E-state index is 0.172. The smallest absolute Gasteiger partial charge is 0.284 e. The van der Waals surface area contributed by atoms with Crippen LogP contribution in [-0.2, 0) is 0 Å². The lowest BCUT2D eigenvalue weighted by atomic mass is 10.1. The van der Waals surface area contributed by atoms with Gasteiger partial charge in [0.15, 0.2) is 11.0 Å². The first kappa shape index (κ1) is 24.0. The lowest BCUT2D eigenvalue weighted by Gasteiger charge is -2.02. The number of rotatable bonds is 8. The second-order valence-corrected chi connectivity index (χ2v) is 6.83. The minimum atomic E-state index is -1.29. The summed E-state index contributed by atoms with van der Waals surface area (Å²) in [7, 11) is 0. The quantitative estimate of drug-likeness (QED) is 0.159. The fraction of sp³-hybridized carbons (Fsp3) is 0.235. The van der Waals surface area contributed by atoms with E-state index < -0.39 is 11.0 Å². The number of nitro groups is 1. The van der Waals surface area contributed by atoms with Crippen molar-refractivity contribution in [1.82, 2.24) is 5.43 Å². The Morgan fingerprint density at radius 3 is 2.52 bits per heavy atom. The van der Waals surface area contributed by atoms with Crippen LogP contribution in [-0.4, -0.2) is 52.0 Å². The third-order valence-electron chi connectivity index (χ3n) is 3.08. The van der Waals surface area contributed by atoms with Crippen molar-refractivity contribution < 1.29 is 9.72 Å². The molecule has 0 fully saturated rings. The van der Waals surface area contributed by atoms with Crippen LogP contribution >= 0.6 is 23.5 Å². The molecule has 0 saturated heterocycles. The van der Waals surface area contributed by atoms with Gasteiger partial charge in [-0.25, -0.2) is 4.99 Å². The van der Waals surface area contributed by atoms with E-state index in [-0.39, 0.29) is 16.1 Å². The third kappa shape index (κ3) is 9.67. The van der Waals surface area contributed by atoms with Crippen LogP contribution in [0.15, 0.2) is 62.4 Å². The van der Waals surface area contributed by atoms with Crippen molar-refractivity contribution in [3.63, 3.8) is 0 Å². The Balaban J connectivity index is 2.81. The van der Waals surface area contributed by atoms with E-state index in [0.717, 1.165) is 12.4 Å². The van der Waals surface area contributed by atoms with E-state index in [2.05, 4.69) is 25.7 Å². The zero-order valence-electron chi connectivity index (χ0n) is 16.1. The van der Waals surface area contributed by atoms with Crippen molar-refractivity contribution in [3.8, 4) is 0 Å². The number of hydrazone groups is 1. The van der Waals surface area contributed by atoms with Crippen molar-refractivity contribution in [3.05, 3.63) is 57.8 Å². The summed E-state index contributed by atoms with van der Waals surface area (Å²) in [4.78, 5) is 26.6. The first-order chi connectivity index (χ1) is 13.9. The summed E-state index contributed by atoms with van der Waals surface area (Å²) >= 11 is 2.34. The van der Waals surface area contributed by atoms with Crippen molar-refractivity contribution >= 4 is 52.1 Å². The molecule has 154 valence electrons. The average Bonchev–Trinajstić information content (AvgIpc) is 2.72. The van der Waals surface area contributed by atoms with Crippen molar-refractivity contribution in [2.75, 3.05) is 12.5 Å². The predicted molar refractivity (Wildman–Crippen MR) is 122 cm³/mol. The first-order valence-electron chi connectivity index (χ1n) is 8.11. The number of carbonyl (C=O) groups is 1. The van der Waals surface area contributed by atoms with Gasteiger partial charge >= 0.3 is 0 Å². The highest BCUT2D eigenvalue weighted by Gasteiger charge is 2.14. The number of carbonyl (C=O) groups excluding carboxylic acids is 1. The topological polar surface area (TPSA) is 148 Å². The molecule has 0 aliphatic heterocycles. The highest BCUT2D eigenvalue weighted by atomic mass is 32.2. The highest BCUT2D eigenvalue weighted by Crippen LogP contribution is 2.04. The molecule has 10 nitrogen and oxygen atoms in total. The van der Waals surface area contributed by atoms with Gasteiger partial charge in [-0.15, -0.1) is 10.2 Å². The standard InChI is InChI=1S/C17H21N7O3S2/c1-12(9-15(25)13-7-5-4-6-8-13)21-23-17(29-3)19-10-14(24(26)27)11-20-22-16(18)28-2/h4-11,14,21H,1-3H3,(H2,18,22)/b12-9+,19-10+,20-11+,23-17-. The Bertz CT molecular complexity index is 852. The van der Waals surface area contributed by atoms with E-state index in [0.29, 0.717) is 11.3 Å². The molecule has 29 heavy (non-hydrogen) atoms. The Labute approximate surface area is 176 Å². The molecule has 12 heteroatoms. The number of hydrogen-bond donors (Lipinski definition) is 2. The van der Waals surface area contributed by atoms with E-state index in [9.17, 15) is 14.9 Å². The molecule has 0 spiro atoms. The van der Waals surface area contributed by atoms with Crippen LogP contribution in [0.25, 0.3) is 0 Å². The van der Waals surface area contributed by atoms with Crippen LogP contribution in [0.1, 0.15) is 17.3 Å². The van der Waals surface area contributed by atoms with Gasteiger partial charge in [0.05, 0.1) is 6.21 Å². The molecule has 0 aliphatic carbocycles. The minimum Gasteiger partial charge on any atom is -0.377 e. The van der Waals surface area contributed by atoms with Crippen LogP contribution in [0, 0.1) is 10.1 Å². The van der Waals surface area contributed by atoms with Gasteiger partial charge in [0.2, 0.25) is 5.17 Å². The molecule has 0 radical (unpaired) electrons. The summed E-state index contributed by atoms with van der Waals surface area (Å²) < 4.78 is 0. The SMILES string of the molecule is CSC(=N\N/C(C)=C/C(=O)c1ccccc1)/N=C/C(/C=N/N=C(\N)SC)[N+](=O)[O-]. The molecule has 1 rings (SSSR count).